The number of carbonyl (C=O) groups is 1. The van der Waals surface area contributed by atoms with Gasteiger partial charge in [-0.3, -0.25) is 14.9 Å². The van der Waals surface area contributed by atoms with Gasteiger partial charge in [0.05, 0.1) is 15.1 Å². The van der Waals surface area contributed by atoms with E-state index < -0.39 is 10.8 Å². The van der Waals surface area contributed by atoms with Crippen LogP contribution in [0.1, 0.15) is 29.6 Å². The van der Waals surface area contributed by atoms with Crippen LogP contribution in [0.25, 0.3) is 10.2 Å². The van der Waals surface area contributed by atoms with E-state index in [-0.39, 0.29) is 11.3 Å². The minimum absolute atomic E-state index is 0.0692. The molecule has 0 atom stereocenters. The van der Waals surface area contributed by atoms with E-state index in [9.17, 15) is 14.9 Å². The van der Waals surface area contributed by atoms with Gasteiger partial charge in [0.25, 0.3) is 11.6 Å². The van der Waals surface area contributed by atoms with Crippen LogP contribution in [0.2, 0.25) is 0 Å². The summed E-state index contributed by atoms with van der Waals surface area (Å²) in [6, 6.07) is 8.38. The van der Waals surface area contributed by atoms with Gasteiger partial charge in [0.15, 0.2) is 16.3 Å². The van der Waals surface area contributed by atoms with Crippen LogP contribution < -0.4 is 19.2 Å². The molecule has 1 aromatic heterocycles. The summed E-state index contributed by atoms with van der Waals surface area (Å²) in [6.45, 7) is 6.78. The monoisotopic (exact) mass is 480 g/mol. The second-order valence-corrected chi connectivity index (χ2v) is 9.18. The number of nitro groups is 1. The maximum Gasteiger partial charge on any atom is 0.293 e. The van der Waals surface area contributed by atoms with Crippen LogP contribution in [0.15, 0.2) is 48.0 Å². The number of carbonyl (C=O) groups excluding carboxylic acids is 1. The normalized spacial score (nSPS) is 16.0. The largest absolute Gasteiger partial charge is 0.486 e. The van der Waals surface area contributed by atoms with Crippen LogP contribution in [-0.4, -0.2) is 41.7 Å². The number of hydrogen-bond acceptors (Lipinski definition) is 7. The molecular weight excluding hydrogens is 456 g/mol. The van der Waals surface area contributed by atoms with Crippen molar-refractivity contribution in [3.05, 3.63) is 63.5 Å². The smallest absolute Gasteiger partial charge is 0.293 e. The van der Waals surface area contributed by atoms with Gasteiger partial charge in [-0.05, 0) is 31.4 Å². The zero-order valence-corrected chi connectivity index (χ0v) is 19.4. The van der Waals surface area contributed by atoms with Crippen molar-refractivity contribution in [1.82, 2.24) is 4.57 Å². The Morgan fingerprint density at radius 1 is 1.15 bits per heavy atom. The Hall–Kier alpha value is -3.66. The van der Waals surface area contributed by atoms with Crippen molar-refractivity contribution in [3.63, 3.8) is 0 Å². The molecule has 1 amide bonds. The third kappa shape index (κ3) is 4.16. The Kier molecular flexibility index (Phi) is 6.06. The summed E-state index contributed by atoms with van der Waals surface area (Å²) in [5.74, 6) is 0.777. The van der Waals surface area contributed by atoms with E-state index in [1.54, 1.807) is 18.2 Å². The van der Waals surface area contributed by atoms with Crippen LogP contribution in [0, 0.1) is 10.1 Å². The van der Waals surface area contributed by atoms with Crippen molar-refractivity contribution in [2.75, 3.05) is 31.2 Å². The molecule has 3 heterocycles. The summed E-state index contributed by atoms with van der Waals surface area (Å²) >= 11 is 1.35. The number of benzene rings is 2. The number of anilines is 1. The second-order valence-electron chi connectivity index (χ2n) is 8.17. The number of piperidine rings is 1. The molecule has 2 aliphatic rings. The summed E-state index contributed by atoms with van der Waals surface area (Å²) in [5.41, 5.74) is 1.52. The van der Waals surface area contributed by atoms with Crippen molar-refractivity contribution in [1.29, 1.82) is 0 Å². The number of ether oxygens (including phenoxy) is 2. The summed E-state index contributed by atoms with van der Waals surface area (Å²) in [6.07, 6.45) is 4.86. The molecule has 10 heteroatoms. The number of allylic oxidation sites excluding steroid dienone is 1. The molecule has 9 nitrogen and oxygen atoms in total. The van der Waals surface area contributed by atoms with Gasteiger partial charge in [-0.25, -0.2) is 0 Å². The van der Waals surface area contributed by atoms with Crippen LogP contribution in [0.3, 0.4) is 0 Å². The number of hydrogen-bond donors (Lipinski definition) is 0. The first-order chi connectivity index (χ1) is 16.5. The summed E-state index contributed by atoms with van der Waals surface area (Å²) in [5, 5.41) is 11.8. The highest BCUT2D eigenvalue weighted by atomic mass is 32.1. The molecular formula is C24H24N4O5S. The van der Waals surface area contributed by atoms with Crippen LogP contribution in [-0.2, 0) is 6.54 Å². The molecule has 1 fully saturated rings. The van der Waals surface area contributed by atoms with E-state index in [4.69, 9.17) is 9.47 Å². The van der Waals surface area contributed by atoms with E-state index in [2.05, 4.69) is 11.6 Å². The number of fused-ring (bicyclic) bond motifs is 2. The van der Waals surface area contributed by atoms with E-state index in [1.165, 1.54) is 17.4 Å². The Bertz CT molecular complexity index is 1350. The summed E-state index contributed by atoms with van der Waals surface area (Å²) in [7, 11) is 0. The number of rotatable bonds is 5. The van der Waals surface area contributed by atoms with Crippen LogP contribution >= 0.6 is 11.3 Å². The Morgan fingerprint density at radius 3 is 2.59 bits per heavy atom. The number of thiazole rings is 1. The number of nitro benzene ring substituents is 1. The molecule has 0 radical (unpaired) electrons. The fourth-order valence-corrected chi connectivity index (χ4v) is 5.40. The van der Waals surface area contributed by atoms with Gasteiger partial charge >= 0.3 is 0 Å². The highest BCUT2D eigenvalue weighted by molar-refractivity contribution is 7.16. The minimum atomic E-state index is -0.532. The van der Waals surface area contributed by atoms with E-state index >= 15 is 0 Å². The summed E-state index contributed by atoms with van der Waals surface area (Å²) in [4.78, 5) is 31.3. The van der Waals surface area contributed by atoms with E-state index in [0.717, 1.165) is 42.6 Å². The lowest BCUT2D eigenvalue weighted by atomic mass is 10.1. The van der Waals surface area contributed by atoms with Crippen LogP contribution in [0.4, 0.5) is 11.4 Å². The van der Waals surface area contributed by atoms with Gasteiger partial charge < -0.3 is 18.9 Å². The molecule has 34 heavy (non-hydrogen) atoms. The lowest BCUT2D eigenvalue weighted by molar-refractivity contribution is -0.384. The van der Waals surface area contributed by atoms with Crippen molar-refractivity contribution < 1.29 is 19.2 Å². The molecule has 0 aliphatic carbocycles. The molecule has 5 rings (SSSR count). The number of nitrogens with zero attached hydrogens (tertiary/aromatic N) is 4. The SMILES string of the molecule is C=CCn1c(=NC(=O)c2ccc(N3CCCCC3)c([N+](=O)[O-])c2)sc2cc3c(cc21)OCCO3. The van der Waals surface area contributed by atoms with Crippen LogP contribution in [0.5, 0.6) is 11.5 Å². The maximum absolute atomic E-state index is 13.1. The van der Waals surface area contributed by atoms with Crippen molar-refractivity contribution in [2.24, 2.45) is 4.99 Å². The number of aromatic nitrogens is 1. The number of amides is 1. The summed E-state index contributed by atoms with van der Waals surface area (Å²) < 4.78 is 14.1. The molecule has 0 spiro atoms. The molecule has 2 aromatic carbocycles. The second kappa shape index (κ2) is 9.30. The third-order valence-electron chi connectivity index (χ3n) is 5.97. The van der Waals surface area contributed by atoms with Gasteiger partial charge in [-0.1, -0.05) is 17.4 Å². The molecule has 176 valence electrons. The lowest BCUT2D eigenvalue weighted by Gasteiger charge is -2.28. The van der Waals surface area contributed by atoms with E-state index in [1.807, 2.05) is 21.6 Å². The van der Waals surface area contributed by atoms with Gasteiger partial charge in [0.1, 0.15) is 18.9 Å². The van der Waals surface area contributed by atoms with Crippen molar-refractivity contribution in [2.45, 2.75) is 25.8 Å². The highest BCUT2D eigenvalue weighted by Gasteiger charge is 2.23. The van der Waals surface area contributed by atoms with Crippen molar-refractivity contribution in [3.8, 4) is 11.5 Å². The predicted molar refractivity (Wildman–Crippen MR) is 130 cm³/mol. The Labute approximate surface area is 199 Å². The van der Waals surface area contributed by atoms with Gasteiger partial charge in [0, 0.05) is 43.4 Å². The first-order valence-corrected chi connectivity index (χ1v) is 12.0. The zero-order chi connectivity index (χ0) is 23.7. The average molecular weight is 481 g/mol. The molecule has 2 aliphatic heterocycles. The zero-order valence-electron chi connectivity index (χ0n) is 18.6. The highest BCUT2D eigenvalue weighted by Crippen LogP contribution is 2.36. The van der Waals surface area contributed by atoms with Gasteiger partial charge in [-0.15, -0.1) is 6.58 Å². The third-order valence-corrected chi connectivity index (χ3v) is 7.01. The Balaban J connectivity index is 1.55. The van der Waals surface area contributed by atoms with E-state index in [0.29, 0.717) is 41.7 Å². The first-order valence-electron chi connectivity index (χ1n) is 11.2. The standard InChI is InChI=1S/C24H24N4O5S/c1-2-8-27-19-14-20-21(33-12-11-32-20)15-22(19)34-24(27)25-23(29)16-6-7-17(18(13-16)28(30)31)26-9-4-3-5-10-26/h2,6-7,13-15H,1,3-5,8-12H2. The fourth-order valence-electron chi connectivity index (χ4n) is 4.35. The maximum atomic E-state index is 13.1. The average Bonchev–Trinajstić information content (AvgIpc) is 3.18. The predicted octanol–water partition coefficient (Wildman–Crippen LogP) is 4.30. The molecule has 1 saturated heterocycles. The molecule has 3 aromatic rings. The van der Waals surface area contributed by atoms with Gasteiger partial charge in [-0.2, -0.15) is 4.99 Å². The quantitative estimate of drug-likeness (QED) is 0.307. The first kappa shape index (κ1) is 22.1. The Morgan fingerprint density at radius 2 is 1.88 bits per heavy atom. The minimum Gasteiger partial charge on any atom is -0.486 e. The van der Waals surface area contributed by atoms with Gasteiger partial charge in [0.2, 0.25) is 0 Å². The fraction of sp³-hybridized carbons (Fsp3) is 0.333. The molecule has 0 bridgehead atoms. The molecule has 0 saturated carbocycles. The molecule has 0 N–H and O–H groups in total. The topological polar surface area (TPSA) is 99.2 Å². The lowest BCUT2D eigenvalue weighted by Crippen LogP contribution is -2.30. The van der Waals surface area contributed by atoms with Crippen molar-refractivity contribution >= 4 is 38.8 Å². The molecule has 0 unspecified atom stereocenters.